The van der Waals surface area contributed by atoms with E-state index in [1.807, 2.05) is 12.1 Å². The molecule has 1 aliphatic rings. The minimum absolute atomic E-state index is 0.326. The number of hydrogen-bond donors (Lipinski definition) is 1. The van der Waals surface area contributed by atoms with Crippen LogP contribution in [0.4, 0.5) is 0 Å². The van der Waals surface area contributed by atoms with Gasteiger partial charge in [0.1, 0.15) is 18.1 Å². The van der Waals surface area contributed by atoms with Crippen LogP contribution in [0.5, 0.6) is 0 Å². The Labute approximate surface area is 138 Å². The molecule has 0 spiro atoms. The molecule has 2 heterocycles. The Morgan fingerprint density at radius 3 is 2.83 bits per heavy atom. The summed E-state index contributed by atoms with van der Waals surface area (Å²) in [6, 6.07) is 3.91. The van der Waals surface area contributed by atoms with Crippen molar-refractivity contribution >= 4 is 10.2 Å². The number of methoxy groups -OCH3 is 1. The minimum atomic E-state index is -3.34. The van der Waals surface area contributed by atoms with Crippen molar-refractivity contribution in [2.24, 2.45) is 5.92 Å². The maximum atomic E-state index is 11.8. The van der Waals surface area contributed by atoms with Crippen LogP contribution in [0.3, 0.4) is 0 Å². The molecule has 0 bridgehead atoms. The average Bonchev–Trinajstić information content (AvgIpc) is 2.93. The summed E-state index contributed by atoms with van der Waals surface area (Å²) in [5.41, 5.74) is 0. The number of rotatable bonds is 8. The van der Waals surface area contributed by atoms with Crippen molar-refractivity contribution in [1.29, 1.82) is 0 Å². The molecule has 1 aromatic rings. The average molecular weight is 345 g/mol. The quantitative estimate of drug-likeness (QED) is 0.762. The second-order valence-corrected chi connectivity index (χ2v) is 8.15. The fraction of sp³-hybridized carbons (Fsp3) is 0.733. The zero-order valence-electron chi connectivity index (χ0n) is 14.1. The molecule has 1 atom stereocenters. The largest absolute Gasteiger partial charge is 0.462 e. The number of hydrogen-bond acceptors (Lipinski definition) is 5. The van der Waals surface area contributed by atoms with Crippen molar-refractivity contribution in [3.05, 3.63) is 23.7 Å². The number of ether oxygens (including phenoxy) is 1. The van der Waals surface area contributed by atoms with Crippen LogP contribution in [0.2, 0.25) is 0 Å². The predicted molar refractivity (Wildman–Crippen MR) is 88.0 cm³/mol. The lowest BCUT2D eigenvalue weighted by molar-refractivity contribution is 0.144. The van der Waals surface area contributed by atoms with Crippen LogP contribution in [0.15, 0.2) is 16.5 Å². The van der Waals surface area contributed by atoms with Crippen molar-refractivity contribution in [3.8, 4) is 0 Å². The van der Waals surface area contributed by atoms with Gasteiger partial charge in [-0.1, -0.05) is 0 Å². The Bertz CT molecular complexity index is 585. The van der Waals surface area contributed by atoms with E-state index in [1.165, 1.54) is 18.4 Å². The Morgan fingerprint density at radius 2 is 2.13 bits per heavy atom. The molecule has 1 aliphatic heterocycles. The Hall–Kier alpha value is -0.930. The SMILES string of the molecule is COCc1ccc(CN2CCCC(CNS(=O)(=O)N(C)C)C2)o1. The van der Waals surface area contributed by atoms with Crippen molar-refractivity contribution < 1.29 is 17.6 Å². The van der Waals surface area contributed by atoms with Gasteiger partial charge in [-0.2, -0.15) is 12.7 Å². The van der Waals surface area contributed by atoms with Crippen molar-refractivity contribution in [2.75, 3.05) is 40.8 Å². The third-order valence-corrected chi connectivity index (χ3v) is 5.51. The molecule has 23 heavy (non-hydrogen) atoms. The van der Waals surface area contributed by atoms with Gasteiger partial charge >= 0.3 is 0 Å². The highest BCUT2D eigenvalue weighted by atomic mass is 32.2. The topological polar surface area (TPSA) is 75.0 Å². The molecule has 1 fully saturated rings. The van der Waals surface area contributed by atoms with Crippen molar-refractivity contribution in [1.82, 2.24) is 13.9 Å². The summed E-state index contributed by atoms with van der Waals surface area (Å²) in [6.07, 6.45) is 2.11. The molecule has 1 N–H and O–H groups in total. The predicted octanol–water partition coefficient (Wildman–Crippen LogP) is 1.03. The summed E-state index contributed by atoms with van der Waals surface area (Å²) in [6.45, 7) is 3.59. The van der Waals surface area contributed by atoms with Gasteiger partial charge < -0.3 is 9.15 Å². The van der Waals surface area contributed by atoms with E-state index in [4.69, 9.17) is 9.15 Å². The van der Waals surface area contributed by atoms with Crippen LogP contribution in [0, 0.1) is 5.92 Å². The summed E-state index contributed by atoms with van der Waals surface area (Å²) in [4.78, 5) is 2.31. The van der Waals surface area contributed by atoms with Crippen LogP contribution in [0.1, 0.15) is 24.4 Å². The maximum Gasteiger partial charge on any atom is 0.278 e. The van der Waals surface area contributed by atoms with Crippen LogP contribution in [0.25, 0.3) is 0 Å². The van der Waals surface area contributed by atoms with Gasteiger partial charge in [-0.05, 0) is 37.4 Å². The molecular weight excluding hydrogens is 318 g/mol. The molecule has 1 aromatic heterocycles. The monoisotopic (exact) mass is 345 g/mol. The zero-order valence-corrected chi connectivity index (χ0v) is 14.9. The number of piperidine rings is 1. The number of furan rings is 1. The second kappa shape index (κ2) is 8.25. The molecule has 132 valence electrons. The standard InChI is InChI=1S/C15H27N3O4S/c1-17(2)23(19,20)16-9-13-5-4-8-18(10-13)11-14-6-7-15(22-14)12-21-3/h6-7,13,16H,4-5,8-12H2,1-3H3. The first-order valence-electron chi connectivity index (χ1n) is 7.86. The fourth-order valence-corrected chi connectivity index (χ4v) is 3.47. The molecule has 8 heteroatoms. The maximum absolute atomic E-state index is 11.8. The lowest BCUT2D eigenvalue weighted by Gasteiger charge is -2.32. The van der Waals surface area contributed by atoms with Gasteiger partial charge in [0.2, 0.25) is 0 Å². The first-order chi connectivity index (χ1) is 10.9. The summed E-state index contributed by atoms with van der Waals surface area (Å²) in [5.74, 6) is 2.08. The van der Waals surface area contributed by atoms with E-state index in [2.05, 4.69) is 9.62 Å². The Morgan fingerprint density at radius 1 is 1.39 bits per heavy atom. The summed E-state index contributed by atoms with van der Waals surface area (Å²) in [7, 11) is 1.36. The molecule has 0 radical (unpaired) electrons. The summed E-state index contributed by atoms with van der Waals surface area (Å²) in [5, 5.41) is 0. The van der Waals surface area contributed by atoms with Gasteiger partial charge in [-0.3, -0.25) is 4.90 Å². The number of nitrogens with zero attached hydrogens (tertiary/aromatic N) is 2. The van der Waals surface area contributed by atoms with Gasteiger partial charge in [0.15, 0.2) is 0 Å². The molecule has 0 aromatic carbocycles. The van der Waals surface area contributed by atoms with E-state index in [0.29, 0.717) is 19.1 Å². The van der Waals surface area contributed by atoms with E-state index in [1.54, 1.807) is 7.11 Å². The molecular formula is C15H27N3O4S. The molecule has 0 saturated carbocycles. The van der Waals surface area contributed by atoms with E-state index in [9.17, 15) is 8.42 Å². The second-order valence-electron chi connectivity index (χ2n) is 6.18. The first-order valence-corrected chi connectivity index (χ1v) is 9.30. The minimum Gasteiger partial charge on any atom is -0.462 e. The third kappa shape index (κ3) is 5.58. The van der Waals surface area contributed by atoms with Crippen molar-refractivity contribution in [2.45, 2.75) is 26.0 Å². The van der Waals surface area contributed by atoms with Gasteiger partial charge in [0.25, 0.3) is 10.2 Å². The van der Waals surface area contributed by atoms with E-state index >= 15 is 0 Å². The Balaban J connectivity index is 1.83. The van der Waals surface area contributed by atoms with E-state index < -0.39 is 10.2 Å². The highest BCUT2D eigenvalue weighted by Crippen LogP contribution is 2.19. The Kier molecular flexibility index (Phi) is 6.60. The van der Waals surface area contributed by atoms with Gasteiger partial charge in [-0.15, -0.1) is 0 Å². The lowest BCUT2D eigenvalue weighted by Crippen LogP contribution is -2.43. The van der Waals surface area contributed by atoms with Gasteiger partial charge in [-0.25, -0.2) is 4.72 Å². The molecule has 0 amide bonds. The summed E-state index contributed by atoms with van der Waals surface area (Å²) < 4.78 is 38.2. The van der Waals surface area contributed by atoms with Crippen LogP contribution in [-0.4, -0.2) is 58.5 Å². The van der Waals surface area contributed by atoms with Crippen molar-refractivity contribution in [3.63, 3.8) is 0 Å². The number of likely N-dealkylation sites (tertiary alicyclic amines) is 1. The number of nitrogens with one attached hydrogen (secondary N) is 1. The molecule has 7 nitrogen and oxygen atoms in total. The van der Waals surface area contributed by atoms with Crippen LogP contribution < -0.4 is 4.72 Å². The highest BCUT2D eigenvalue weighted by molar-refractivity contribution is 7.87. The lowest BCUT2D eigenvalue weighted by atomic mass is 9.98. The van der Waals surface area contributed by atoms with E-state index in [0.717, 1.165) is 44.0 Å². The molecule has 1 saturated heterocycles. The van der Waals surface area contributed by atoms with Crippen LogP contribution >= 0.6 is 0 Å². The zero-order chi connectivity index (χ0) is 16.9. The molecule has 0 aliphatic carbocycles. The third-order valence-electron chi connectivity index (χ3n) is 4.02. The van der Waals surface area contributed by atoms with Crippen LogP contribution in [-0.2, 0) is 28.1 Å². The highest BCUT2D eigenvalue weighted by Gasteiger charge is 2.23. The van der Waals surface area contributed by atoms with Gasteiger partial charge in [0.05, 0.1) is 6.54 Å². The molecule has 1 unspecified atom stereocenters. The molecule has 2 rings (SSSR count). The van der Waals surface area contributed by atoms with E-state index in [-0.39, 0.29) is 0 Å². The van der Waals surface area contributed by atoms with Gasteiger partial charge in [0, 0.05) is 34.3 Å². The summed E-state index contributed by atoms with van der Waals surface area (Å²) >= 11 is 0. The normalized spacial score (nSPS) is 20.3. The first kappa shape index (κ1) is 18.4. The fourth-order valence-electron chi connectivity index (χ4n) is 2.76. The smallest absolute Gasteiger partial charge is 0.278 e.